The molecule has 1 heterocycles. The molecule has 4 nitrogen and oxygen atoms in total. The Kier molecular flexibility index (Phi) is 5.33. The number of halogens is 3. The van der Waals surface area contributed by atoms with Gasteiger partial charge in [-0.3, -0.25) is 0 Å². The van der Waals surface area contributed by atoms with Crippen LogP contribution in [0.25, 0.3) is 11.8 Å². The fraction of sp³-hybridized carbons (Fsp3) is 0.143. The molecular formula is C14H13BClF2N3O. The zero-order valence-electron chi connectivity index (χ0n) is 12.0. The molecule has 0 amide bonds. The van der Waals surface area contributed by atoms with Crippen LogP contribution in [0.2, 0.25) is 5.15 Å². The van der Waals surface area contributed by atoms with Crippen molar-refractivity contribution in [3.05, 3.63) is 53.1 Å². The molecule has 0 aliphatic heterocycles. The summed E-state index contributed by atoms with van der Waals surface area (Å²) < 4.78 is 29.9. The number of nitrogens with zero attached hydrogens (tertiary/aromatic N) is 3. The Hall–Kier alpha value is -2.15. The summed E-state index contributed by atoms with van der Waals surface area (Å²) in [5, 5.41) is 0.223. The highest BCUT2D eigenvalue weighted by Crippen LogP contribution is 2.23. The van der Waals surface area contributed by atoms with Crippen LogP contribution in [0.1, 0.15) is 11.3 Å². The van der Waals surface area contributed by atoms with Gasteiger partial charge in [0.15, 0.2) is 0 Å². The standard InChI is InChI=1S/C14H13BClF2N3O/c1-21(2)12-5-3-10(4-6-12)13(22-15(17)18)7-11-8-14(16)20-9-19-11/h3-9H,1-2H3/b13-7-. The van der Waals surface area contributed by atoms with E-state index >= 15 is 0 Å². The number of aromatic nitrogens is 2. The van der Waals surface area contributed by atoms with E-state index in [0.717, 1.165) is 5.69 Å². The zero-order chi connectivity index (χ0) is 16.1. The Balaban J connectivity index is 2.37. The monoisotopic (exact) mass is 323 g/mol. The van der Waals surface area contributed by atoms with Gasteiger partial charge in [-0.15, -0.1) is 0 Å². The van der Waals surface area contributed by atoms with Crippen LogP contribution in [-0.2, 0) is 4.65 Å². The van der Waals surface area contributed by atoms with Crippen LogP contribution in [0.4, 0.5) is 14.3 Å². The fourth-order valence-corrected chi connectivity index (χ4v) is 1.92. The molecule has 0 N–H and O–H groups in total. The van der Waals surface area contributed by atoms with Gasteiger partial charge in [0.25, 0.3) is 0 Å². The Labute approximate surface area is 132 Å². The minimum absolute atomic E-state index is 0.00933. The number of rotatable bonds is 5. The van der Waals surface area contributed by atoms with Gasteiger partial charge in [0.2, 0.25) is 0 Å². The van der Waals surface area contributed by atoms with Crippen LogP contribution in [-0.4, -0.2) is 31.5 Å². The van der Waals surface area contributed by atoms with Crippen LogP contribution < -0.4 is 4.90 Å². The lowest BCUT2D eigenvalue weighted by molar-refractivity contribution is 0.398. The summed E-state index contributed by atoms with van der Waals surface area (Å²) in [5.41, 5.74) is 1.85. The molecule has 8 heteroatoms. The minimum atomic E-state index is -2.93. The van der Waals surface area contributed by atoms with Crippen LogP contribution in [0.15, 0.2) is 36.7 Å². The summed E-state index contributed by atoms with van der Waals surface area (Å²) in [6, 6.07) is 8.49. The van der Waals surface area contributed by atoms with E-state index in [2.05, 4.69) is 14.6 Å². The molecule has 0 fully saturated rings. The maximum atomic E-state index is 12.6. The molecule has 2 rings (SSSR count). The predicted octanol–water partition coefficient (Wildman–Crippen LogP) is 3.63. The van der Waals surface area contributed by atoms with Crippen molar-refractivity contribution in [1.29, 1.82) is 0 Å². The van der Waals surface area contributed by atoms with Gasteiger partial charge in [-0.25, -0.2) is 18.6 Å². The van der Waals surface area contributed by atoms with E-state index in [-0.39, 0.29) is 10.9 Å². The van der Waals surface area contributed by atoms with E-state index in [4.69, 9.17) is 11.6 Å². The average Bonchev–Trinajstić information content (AvgIpc) is 2.46. The molecule has 0 aliphatic rings. The molecule has 0 atom stereocenters. The van der Waals surface area contributed by atoms with Gasteiger partial charge < -0.3 is 9.55 Å². The SMILES string of the molecule is CN(C)c1ccc(/C(=C/c2cc(Cl)ncn2)OB(F)F)cc1. The molecule has 114 valence electrons. The third-order valence-electron chi connectivity index (χ3n) is 2.82. The van der Waals surface area contributed by atoms with Gasteiger partial charge in [-0.2, -0.15) is 0 Å². The summed E-state index contributed by atoms with van der Waals surface area (Å²) in [4.78, 5) is 9.60. The van der Waals surface area contributed by atoms with Crippen molar-refractivity contribution in [2.24, 2.45) is 0 Å². The Bertz CT molecular complexity index is 665. The summed E-state index contributed by atoms with van der Waals surface area (Å²) in [6.45, 7) is 0. The fourth-order valence-electron chi connectivity index (χ4n) is 1.77. The summed E-state index contributed by atoms with van der Waals surface area (Å²) in [5.74, 6) is 0.00933. The zero-order valence-corrected chi connectivity index (χ0v) is 12.8. The second-order valence-electron chi connectivity index (χ2n) is 4.59. The second-order valence-corrected chi connectivity index (χ2v) is 4.98. The van der Waals surface area contributed by atoms with Crippen LogP contribution in [0, 0.1) is 0 Å². The molecule has 0 unspecified atom stereocenters. The Morgan fingerprint density at radius 2 is 1.91 bits per heavy atom. The maximum absolute atomic E-state index is 12.6. The first kappa shape index (κ1) is 16.2. The van der Waals surface area contributed by atoms with Crippen molar-refractivity contribution < 1.29 is 13.3 Å². The first-order valence-corrected chi connectivity index (χ1v) is 6.75. The molecule has 1 aromatic heterocycles. The van der Waals surface area contributed by atoms with Crippen molar-refractivity contribution >= 4 is 36.6 Å². The largest absolute Gasteiger partial charge is 0.796 e. The highest BCUT2D eigenvalue weighted by Gasteiger charge is 2.20. The van der Waals surface area contributed by atoms with E-state index in [1.165, 1.54) is 18.5 Å². The molecule has 22 heavy (non-hydrogen) atoms. The molecule has 0 bridgehead atoms. The number of anilines is 1. The van der Waals surface area contributed by atoms with Gasteiger partial charge in [-0.05, 0) is 24.3 Å². The lowest BCUT2D eigenvalue weighted by Gasteiger charge is -2.14. The predicted molar refractivity (Wildman–Crippen MR) is 84.7 cm³/mol. The summed E-state index contributed by atoms with van der Waals surface area (Å²) in [6.07, 6.45) is 2.65. The smallest absolute Gasteiger partial charge is 0.505 e. The molecular weight excluding hydrogens is 310 g/mol. The van der Waals surface area contributed by atoms with Crippen molar-refractivity contribution in [2.45, 2.75) is 0 Å². The quantitative estimate of drug-likeness (QED) is 0.478. The molecule has 2 aromatic rings. The lowest BCUT2D eigenvalue weighted by atomic mass is 10.1. The van der Waals surface area contributed by atoms with Crippen LogP contribution >= 0.6 is 11.6 Å². The third kappa shape index (κ3) is 4.43. The number of hydrogen-bond donors (Lipinski definition) is 0. The number of benzene rings is 1. The van der Waals surface area contributed by atoms with Gasteiger partial charge in [0.1, 0.15) is 17.2 Å². The van der Waals surface area contributed by atoms with E-state index in [1.807, 2.05) is 31.1 Å². The third-order valence-corrected chi connectivity index (χ3v) is 3.02. The number of hydrogen-bond acceptors (Lipinski definition) is 4. The minimum Gasteiger partial charge on any atom is -0.505 e. The average molecular weight is 324 g/mol. The molecule has 0 radical (unpaired) electrons. The van der Waals surface area contributed by atoms with Gasteiger partial charge in [0.05, 0.1) is 5.69 Å². The van der Waals surface area contributed by atoms with Crippen molar-refractivity contribution in [2.75, 3.05) is 19.0 Å². The van der Waals surface area contributed by atoms with Crippen molar-refractivity contribution in [1.82, 2.24) is 9.97 Å². The highest BCUT2D eigenvalue weighted by molar-refractivity contribution is 6.36. The van der Waals surface area contributed by atoms with Gasteiger partial charge in [-0.1, -0.05) is 11.6 Å². The van der Waals surface area contributed by atoms with E-state index in [0.29, 0.717) is 11.3 Å². The highest BCUT2D eigenvalue weighted by atomic mass is 35.5. The first-order valence-electron chi connectivity index (χ1n) is 6.37. The van der Waals surface area contributed by atoms with Gasteiger partial charge >= 0.3 is 7.47 Å². The van der Waals surface area contributed by atoms with Crippen LogP contribution in [0.3, 0.4) is 0 Å². The molecule has 0 saturated carbocycles. The summed E-state index contributed by atoms with van der Waals surface area (Å²) >= 11 is 5.76. The molecule has 0 aliphatic carbocycles. The molecule has 1 aromatic carbocycles. The van der Waals surface area contributed by atoms with E-state index < -0.39 is 7.47 Å². The van der Waals surface area contributed by atoms with E-state index in [9.17, 15) is 8.63 Å². The Morgan fingerprint density at radius 3 is 2.45 bits per heavy atom. The molecule has 0 spiro atoms. The summed E-state index contributed by atoms with van der Waals surface area (Å²) in [7, 11) is 0.853. The lowest BCUT2D eigenvalue weighted by Crippen LogP contribution is -2.08. The second kappa shape index (κ2) is 7.22. The van der Waals surface area contributed by atoms with Crippen molar-refractivity contribution in [3.8, 4) is 0 Å². The maximum Gasteiger partial charge on any atom is 0.796 e. The van der Waals surface area contributed by atoms with Crippen LogP contribution in [0.5, 0.6) is 0 Å². The Morgan fingerprint density at radius 1 is 1.23 bits per heavy atom. The molecule has 0 saturated heterocycles. The van der Waals surface area contributed by atoms with Gasteiger partial charge in [0, 0.05) is 37.5 Å². The van der Waals surface area contributed by atoms with E-state index in [1.54, 1.807) is 12.1 Å². The van der Waals surface area contributed by atoms with Crippen molar-refractivity contribution in [3.63, 3.8) is 0 Å². The topological polar surface area (TPSA) is 38.2 Å². The first-order chi connectivity index (χ1) is 10.5. The normalized spacial score (nSPS) is 11.2.